The Morgan fingerprint density at radius 2 is 2.42 bits per heavy atom. The van der Waals surface area contributed by atoms with Gasteiger partial charge in [-0.15, -0.1) is 11.3 Å². The predicted molar refractivity (Wildman–Crippen MR) is 48.5 cm³/mol. The van der Waals surface area contributed by atoms with Crippen molar-refractivity contribution < 1.29 is 9.63 Å². The molecule has 0 saturated heterocycles. The third-order valence-corrected chi connectivity index (χ3v) is 3.00. The van der Waals surface area contributed by atoms with Gasteiger partial charge in [-0.05, 0) is 17.9 Å². The van der Waals surface area contributed by atoms with E-state index in [0.29, 0.717) is 9.90 Å². The van der Waals surface area contributed by atoms with E-state index in [1.54, 1.807) is 0 Å². The molecule has 1 rings (SSSR count). The van der Waals surface area contributed by atoms with Crippen molar-refractivity contribution in [3.8, 4) is 0 Å². The van der Waals surface area contributed by atoms with Crippen molar-refractivity contribution in [2.45, 2.75) is 6.92 Å². The van der Waals surface area contributed by atoms with Gasteiger partial charge in [0, 0.05) is 0 Å². The molecule has 0 atom stereocenters. The molecule has 1 heterocycles. The maximum atomic E-state index is 11.2. The number of hydroxylamine groups is 1. The lowest BCUT2D eigenvalue weighted by atomic mass is 10.3. The Bertz CT molecular complexity index is 298. The molecule has 0 spiro atoms. The summed E-state index contributed by atoms with van der Waals surface area (Å²) in [4.78, 5) is 16.1. The monoisotopic (exact) mass is 205 g/mol. The van der Waals surface area contributed by atoms with Gasteiger partial charge in [0.15, 0.2) is 0 Å². The van der Waals surface area contributed by atoms with E-state index in [0.717, 1.165) is 5.56 Å². The van der Waals surface area contributed by atoms with Crippen LogP contribution >= 0.6 is 22.9 Å². The van der Waals surface area contributed by atoms with Crippen molar-refractivity contribution in [1.29, 1.82) is 0 Å². The summed E-state index contributed by atoms with van der Waals surface area (Å²) < 4.78 is 0. The zero-order chi connectivity index (χ0) is 9.14. The van der Waals surface area contributed by atoms with Crippen molar-refractivity contribution in [2.24, 2.45) is 0 Å². The second-order valence-corrected chi connectivity index (χ2v) is 3.45. The summed E-state index contributed by atoms with van der Waals surface area (Å²) in [6.45, 7) is 1.85. The van der Waals surface area contributed by atoms with Gasteiger partial charge in [-0.3, -0.25) is 9.63 Å². The third kappa shape index (κ3) is 1.77. The van der Waals surface area contributed by atoms with E-state index in [-0.39, 0.29) is 5.91 Å². The number of amides is 1. The first-order valence-corrected chi connectivity index (χ1v) is 4.49. The van der Waals surface area contributed by atoms with Crippen LogP contribution in [0.15, 0.2) is 5.38 Å². The van der Waals surface area contributed by atoms with Crippen LogP contribution in [0.1, 0.15) is 15.2 Å². The van der Waals surface area contributed by atoms with Crippen molar-refractivity contribution in [3.63, 3.8) is 0 Å². The first-order chi connectivity index (χ1) is 5.66. The Morgan fingerprint density at radius 3 is 2.83 bits per heavy atom. The zero-order valence-electron chi connectivity index (χ0n) is 6.68. The number of halogens is 1. The summed E-state index contributed by atoms with van der Waals surface area (Å²) >= 11 is 7.13. The molecular formula is C7H8ClNO2S. The van der Waals surface area contributed by atoms with Crippen LogP contribution in [0.5, 0.6) is 0 Å². The Kier molecular flexibility index (Phi) is 3.08. The summed E-state index contributed by atoms with van der Waals surface area (Å²) in [7, 11) is 1.38. The SMILES string of the molecule is CONC(=O)c1scc(C)c1Cl. The van der Waals surface area contributed by atoms with E-state index in [4.69, 9.17) is 11.6 Å². The van der Waals surface area contributed by atoms with Crippen molar-refractivity contribution in [1.82, 2.24) is 5.48 Å². The highest BCUT2D eigenvalue weighted by atomic mass is 35.5. The lowest BCUT2D eigenvalue weighted by Crippen LogP contribution is -2.20. The maximum absolute atomic E-state index is 11.2. The number of hydrogen-bond donors (Lipinski definition) is 1. The number of aryl methyl sites for hydroxylation is 1. The third-order valence-electron chi connectivity index (χ3n) is 1.30. The molecule has 0 bridgehead atoms. The fourth-order valence-corrected chi connectivity index (χ4v) is 1.89. The minimum Gasteiger partial charge on any atom is -0.277 e. The number of thiophene rings is 1. The van der Waals surface area contributed by atoms with Gasteiger partial charge in [0.25, 0.3) is 5.91 Å². The molecule has 0 unspecified atom stereocenters. The summed E-state index contributed by atoms with van der Waals surface area (Å²) in [5.74, 6) is -0.305. The molecule has 0 fully saturated rings. The van der Waals surface area contributed by atoms with Gasteiger partial charge in [0.2, 0.25) is 0 Å². The molecule has 3 nitrogen and oxygen atoms in total. The molecule has 1 aromatic rings. The Balaban J connectivity index is 2.88. The lowest BCUT2D eigenvalue weighted by molar-refractivity contribution is 0.0542. The molecule has 0 aromatic carbocycles. The van der Waals surface area contributed by atoms with Gasteiger partial charge in [0.05, 0.1) is 12.1 Å². The Hall–Kier alpha value is -0.580. The highest BCUT2D eigenvalue weighted by Crippen LogP contribution is 2.26. The minimum atomic E-state index is -0.305. The molecule has 0 saturated carbocycles. The lowest BCUT2D eigenvalue weighted by Gasteiger charge is -1.98. The normalized spacial score (nSPS) is 9.92. The second kappa shape index (κ2) is 3.89. The van der Waals surface area contributed by atoms with Crippen LogP contribution in [-0.4, -0.2) is 13.0 Å². The topological polar surface area (TPSA) is 38.3 Å². The molecule has 1 aromatic heterocycles. The summed E-state index contributed by atoms with van der Waals surface area (Å²) in [5, 5.41) is 2.32. The number of rotatable bonds is 2. The average Bonchev–Trinajstić information content (AvgIpc) is 2.34. The molecule has 0 aliphatic carbocycles. The second-order valence-electron chi connectivity index (χ2n) is 2.20. The van der Waals surface area contributed by atoms with Crippen LogP contribution in [-0.2, 0) is 4.84 Å². The molecule has 66 valence electrons. The molecule has 12 heavy (non-hydrogen) atoms. The summed E-state index contributed by atoms with van der Waals surface area (Å²) in [6, 6.07) is 0. The van der Waals surface area contributed by atoms with E-state index < -0.39 is 0 Å². The molecule has 5 heteroatoms. The van der Waals surface area contributed by atoms with Crippen molar-refractivity contribution in [3.05, 3.63) is 20.8 Å². The highest BCUT2D eigenvalue weighted by Gasteiger charge is 2.13. The van der Waals surface area contributed by atoms with Crippen LogP contribution in [0.4, 0.5) is 0 Å². The smallest absolute Gasteiger partial charge is 0.277 e. The van der Waals surface area contributed by atoms with Gasteiger partial charge in [-0.25, -0.2) is 5.48 Å². The Morgan fingerprint density at radius 1 is 1.75 bits per heavy atom. The summed E-state index contributed by atoms with van der Waals surface area (Å²) in [6.07, 6.45) is 0. The van der Waals surface area contributed by atoms with Crippen LogP contribution in [0.3, 0.4) is 0 Å². The van der Waals surface area contributed by atoms with Gasteiger partial charge >= 0.3 is 0 Å². The van der Waals surface area contributed by atoms with E-state index in [1.165, 1.54) is 18.4 Å². The first kappa shape index (κ1) is 9.51. The van der Waals surface area contributed by atoms with Crippen molar-refractivity contribution in [2.75, 3.05) is 7.11 Å². The van der Waals surface area contributed by atoms with Crippen LogP contribution in [0.25, 0.3) is 0 Å². The molecule has 0 aliphatic heterocycles. The fraction of sp³-hybridized carbons (Fsp3) is 0.286. The van der Waals surface area contributed by atoms with Crippen LogP contribution in [0.2, 0.25) is 5.02 Å². The van der Waals surface area contributed by atoms with E-state index in [2.05, 4.69) is 10.3 Å². The van der Waals surface area contributed by atoms with E-state index in [9.17, 15) is 4.79 Å². The summed E-state index contributed by atoms with van der Waals surface area (Å²) in [5.41, 5.74) is 3.11. The molecule has 1 N–H and O–H groups in total. The zero-order valence-corrected chi connectivity index (χ0v) is 8.25. The van der Waals surface area contributed by atoms with E-state index in [1.807, 2.05) is 12.3 Å². The average molecular weight is 206 g/mol. The van der Waals surface area contributed by atoms with E-state index >= 15 is 0 Å². The molecule has 1 amide bonds. The van der Waals surface area contributed by atoms with Crippen LogP contribution < -0.4 is 5.48 Å². The number of carbonyl (C=O) groups is 1. The first-order valence-electron chi connectivity index (χ1n) is 3.23. The number of carbonyl (C=O) groups excluding carboxylic acids is 1. The fourth-order valence-electron chi connectivity index (χ4n) is 0.722. The minimum absolute atomic E-state index is 0.305. The van der Waals surface area contributed by atoms with Gasteiger partial charge in [-0.2, -0.15) is 0 Å². The van der Waals surface area contributed by atoms with Crippen LogP contribution in [0, 0.1) is 6.92 Å². The quantitative estimate of drug-likeness (QED) is 0.751. The van der Waals surface area contributed by atoms with Crippen molar-refractivity contribution >= 4 is 28.8 Å². The molecule has 0 radical (unpaired) electrons. The molecule has 0 aliphatic rings. The Labute approximate surface area is 79.2 Å². The predicted octanol–water partition coefficient (Wildman–Crippen LogP) is 2.00. The molecular weight excluding hydrogens is 198 g/mol. The number of hydrogen-bond acceptors (Lipinski definition) is 3. The standard InChI is InChI=1S/C7H8ClNO2S/c1-4-3-12-6(5(4)8)7(10)9-11-2/h3H,1-2H3,(H,9,10). The van der Waals surface area contributed by atoms with Gasteiger partial charge in [0.1, 0.15) is 4.88 Å². The van der Waals surface area contributed by atoms with Gasteiger partial charge in [-0.1, -0.05) is 11.6 Å². The number of nitrogens with one attached hydrogen (secondary N) is 1. The van der Waals surface area contributed by atoms with Gasteiger partial charge < -0.3 is 0 Å². The maximum Gasteiger partial charge on any atom is 0.286 e. The highest BCUT2D eigenvalue weighted by molar-refractivity contribution is 7.13. The largest absolute Gasteiger partial charge is 0.286 e.